The number of hydrogen-bond donors (Lipinski definition) is 1. The number of unbranched alkanes of at least 4 members (excludes halogenated alkanes) is 2. The largest absolute Gasteiger partial charge is 0.348 e. The van der Waals surface area contributed by atoms with Crippen LogP contribution < -0.4 is 5.32 Å². The van der Waals surface area contributed by atoms with Crippen LogP contribution in [0.3, 0.4) is 0 Å². The second-order valence-electron chi connectivity index (χ2n) is 5.66. The zero-order valence-electron chi connectivity index (χ0n) is 13.2. The van der Waals surface area contributed by atoms with Gasteiger partial charge in [0.25, 0.3) is 5.91 Å². The minimum atomic E-state index is -0.184. The molecule has 0 spiro atoms. The van der Waals surface area contributed by atoms with Gasteiger partial charge in [-0.25, -0.2) is 0 Å². The number of nitrogens with one attached hydrogen (secondary N) is 1. The molecule has 0 fully saturated rings. The first-order valence-corrected chi connectivity index (χ1v) is 7.97. The quantitative estimate of drug-likeness (QED) is 0.622. The lowest BCUT2D eigenvalue weighted by atomic mass is 9.96. The molecule has 0 aromatic heterocycles. The summed E-state index contributed by atoms with van der Waals surface area (Å²) < 4.78 is 0. The Morgan fingerprint density at radius 3 is 2.95 bits per heavy atom. The lowest BCUT2D eigenvalue weighted by Gasteiger charge is -2.29. The lowest BCUT2D eigenvalue weighted by molar-refractivity contribution is -0.116. The first kappa shape index (κ1) is 16.3. The van der Waals surface area contributed by atoms with E-state index < -0.39 is 0 Å². The third kappa shape index (κ3) is 3.97. The van der Waals surface area contributed by atoms with Crippen molar-refractivity contribution in [3.63, 3.8) is 0 Å². The zero-order chi connectivity index (χ0) is 15.9. The van der Waals surface area contributed by atoms with Crippen LogP contribution in [0, 0.1) is 0 Å². The summed E-state index contributed by atoms with van der Waals surface area (Å²) in [6.07, 6.45) is 5.55. The van der Waals surface area contributed by atoms with E-state index in [0.717, 1.165) is 42.6 Å². The molecule has 4 nitrogen and oxygen atoms in total. The summed E-state index contributed by atoms with van der Waals surface area (Å²) >= 11 is 0. The number of hydrogen-bond acceptors (Lipinski definition) is 2. The van der Waals surface area contributed by atoms with Gasteiger partial charge in [0, 0.05) is 25.2 Å². The van der Waals surface area contributed by atoms with Gasteiger partial charge in [0.1, 0.15) is 0 Å². The maximum Gasteiger partial charge on any atom is 0.254 e. The third-order valence-electron chi connectivity index (χ3n) is 4.02. The molecule has 2 amide bonds. The number of fused-ring (bicyclic) bond motifs is 1. The van der Waals surface area contributed by atoms with E-state index in [1.165, 1.54) is 18.9 Å². The van der Waals surface area contributed by atoms with E-state index in [2.05, 4.69) is 18.8 Å². The standard InChI is InChI=1S/C18H24N2O2/c1-3-5-6-10-20-11-9-15-12-14(13-19-17(21)4-2)7-8-16(15)18(20)22/h4,7-8,12H,2-3,5-6,9-11,13H2,1H3,(H,19,21). The van der Waals surface area contributed by atoms with Crippen molar-refractivity contribution in [3.05, 3.63) is 47.5 Å². The number of carbonyl (C=O) groups is 2. The fraction of sp³-hybridized carbons (Fsp3) is 0.444. The van der Waals surface area contributed by atoms with Crippen LogP contribution in [-0.2, 0) is 17.8 Å². The van der Waals surface area contributed by atoms with E-state index in [4.69, 9.17) is 0 Å². The molecule has 0 bridgehead atoms. The van der Waals surface area contributed by atoms with Crippen molar-refractivity contribution in [2.24, 2.45) is 0 Å². The Hall–Kier alpha value is -2.10. The summed E-state index contributed by atoms with van der Waals surface area (Å²) in [6, 6.07) is 5.83. The first-order valence-electron chi connectivity index (χ1n) is 7.97. The number of nitrogens with zero attached hydrogens (tertiary/aromatic N) is 1. The molecule has 1 aromatic carbocycles. The molecule has 22 heavy (non-hydrogen) atoms. The van der Waals surface area contributed by atoms with Crippen molar-refractivity contribution < 1.29 is 9.59 Å². The summed E-state index contributed by atoms with van der Waals surface area (Å²) in [5.41, 5.74) is 2.91. The van der Waals surface area contributed by atoms with Gasteiger partial charge >= 0.3 is 0 Å². The highest BCUT2D eigenvalue weighted by molar-refractivity contribution is 5.96. The summed E-state index contributed by atoms with van der Waals surface area (Å²) in [4.78, 5) is 25.6. The van der Waals surface area contributed by atoms with Gasteiger partial charge in [0.2, 0.25) is 5.91 Å². The molecule has 0 saturated heterocycles. The number of benzene rings is 1. The van der Waals surface area contributed by atoms with Crippen LogP contribution in [0.5, 0.6) is 0 Å². The van der Waals surface area contributed by atoms with E-state index in [0.29, 0.717) is 6.54 Å². The summed E-state index contributed by atoms with van der Waals surface area (Å²) in [7, 11) is 0. The Kier molecular flexibility index (Phi) is 5.75. The third-order valence-corrected chi connectivity index (χ3v) is 4.02. The molecule has 0 aliphatic carbocycles. The van der Waals surface area contributed by atoms with Gasteiger partial charge in [-0.3, -0.25) is 9.59 Å². The van der Waals surface area contributed by atoms with Gasteiger partial charge < -0.3 is 10.2 Å². The Balaban J connectivity index is 2.02. The Labute approximate surface area is 132 Å². The fourth-order valence-corrected chi connectivity index (χ4v) is 2.73. The lowest BCUT2D eigenvalue weighted by Crippen LogP contribution is -2.38. The molecular weight excluding hydrogens is 276 g/mol. The summed E-state index contributed by atoms with van der Waals surface area (Å²) in [6.45, 7) is 7.70. The Morgan fingerprint density at radius 1 is 1.41 bits per heavy atom. The molecule has 2 rings (SSSR count). The van der Waals surface area contributed by atoms with Crippen molar-refractivity contribution in [3.8, 4) is 0 Å². The monoisotopic (exact) mass is 300 g/mol. The van der Waals surface area contributed by atoms with E-state index in [-0.39, 0.29) is 11.8 Å². The highest BCUT2D eigenvalue weighted by Gasteiger charge is 2.23. The highest BCUT2D eigenvalue weighted by atomic mass is 16.2. The van der Waals surface area contributed by atoms with Crippen molar-refractivity contribution in [2.45, 2.75) is 39.2 Å². The summed E-state index contributed by atoms with van der Waals surface area (Å²) in [5.74, 6) is -0.0464. The number of amides is 2. The smallest absolute Gasteiger partial charge is 0.254 e. The highest BCUT2D eigenvalue weighted by Crippen LogP contribution is 2.21. The predicted octanol–water partition coefficient (Wildman–Crippen LogP) is 2.68. The maximum atomic E-state index is 12.5. The second kappa shape index (κ2) is 7.78. The van der Waals surface area contributed by atoms with E-state index in [1.54, 1.807) is 0 Å². The van der Waals surface area contributed by atoms with Crippen molar-refractivity contribution in [1.29, 1.82) is 0 Å². The van der Waals surface area contributed by atoms with Gasteiger partial charge in [0.15, 0.2) is 0 Å². The molecule has 0 saturated carbocycles. The molecule has 1 aliphatic rings. The SMILES string of the molecule is C=CC(=O)NCc1ccc2c(c1)CCN(CCCCC)C2=O. The van der Waals surface area contributed by atoms with Gasteiger partial charge in [-0.05, 0) is 36.1 Å². The van der Waals surface area contributed by atoms with Gasteiger partial charge in [-0.15, -0.1) is 0 Å². The first-order chi connectivity index (χ1) is 10.7. The topological polar surface area (TPSA) is 49.4 Å². The van der Waals surface area contributed by atoms with Gasteiger partial charge in [0.05, 0.1) is 0 Å². The van der Waals surface area contributed by atoms with Crippen molar-refractivity contribution in [2.75, 3.05) is 13.1 Å². The van der Waals surface area contributed by atoms with Gasteiger partial charge in [-0.2, -0.15) is 0 Å². The van der Waals surface area contributed by atoms with Crippen LogP contribution in [0.25, 0.3) is 0 Å². The Morgan fingerprint density at radius 2 is 2.23 bits per heavy atom. The molecule has 118 valence electrons. The predicted molar refractivity (Wildman–Crippen MR) is 87.6 cm³/mol. The van der Waals surface area contributed by atoms with Crippen molar-refractivity contribution >= 4 is 11.8 Å². The molecule has 4 heteroatoms. The van der Waals surface area contributed by atoms with E-state index in [9.17, 15) is 9.59 Å². The zero-order valence-corrected chi connectivity index (χ0v) is 13.2. The second-order valence-corrected chi connectivity index (χ2v) is 5.66. The Bertz CT molecular complexity index is 566. The van der Waals surface area contributed by atoms with Gasteiger partial charge in [-0.1, -0.05) is 38.5 Å². The molecule has 0 radical (unpaired) electrons. The molecule has 0 unspecified atom stereocenters. The van der Waals surface area contributed by atoms with Crippen LogP contribution in [0.1, 0.15) is 47.7 Å². The molecule has 0 atom stereocenters. The van der Waals surface area contributed by atoms with Crippen molar-refractivity contribution in [1.82, 2.24) is 10.2 Å². The molecule has 1 N–H and O–H groups in total. The average molecular weight is 300 g/mol. The molecule has 1 aromatic rings. The maximum absolute atomic E-state index is 12.5. The fourth-order valence-electron chi connectivity index (χ4n) is 2.73. The van der Waals surface area contributed by atoms with Crippen LogP contribution in [-0.4, -0.2) is 29.8 Å². The van der Waals surface area contributed by atoms with E-state index >= 15 is 0 Å². The molecule has 1 heterocycles. The average Bonchev–Trinajstić information content (AvgIpc) is 2.54. The number of carbonyl (C=O) groups excluding carboxylic acids is 2. The number of rotatable bonds is 7. The van der Waals surface area contributed by atoms with Crippen LogP contribution in [0.15, 0.2) is 30.9 Å². The van der Waals surface area contributed by atoms with Crippen LogP contribution >= 0.6 is 0 Å². The normalized spacial score (nSPS) is 13.7. The molecule has 1 aliphatic heterocycles. The minimum Gasteiger partial charge on any atom is -0.348 e. The van der Waals surface area contributed by atoms with Crippen LogP contribution in [0.4, 0.5) is 0 Å². The summed E-state index contributed by atoms with van der Waals surface area (Å²) in [5, 5.41) is 2.76. The minimum absolute atomic E-state index is 0.138. The van der Waals surface area contributed by atoms with Crippen LogP contribution in [0.2, 0.25) is 0 Å². The molecular formula is C18H24N2O2. The van der Waals surface area contributed by atoms with E-state index in [1.807, 2.05) is 23.1 Å².